The van der Waals surface area contributed by atoms with E-state index in [2.05, 4.69) is 26.9 Å². The Labute approximate surface area is 110 Å². The van der Waals surface area contributed by atoms with E-state index in [-0.39, 0.29) is 0 Å². The van der Waals surface area contributed by atoms with Gasteiger partial charge in [-0.1, -0.05) is 6.07 Å². The molecule has 0 N–H and O–H groups in total. The van der Waals surface area contributed by atoms with Crippen LogP contribution in [0.25, 0.3) is 0 Å². The average molecular weight is 295 g/mol. The fourth-order valence-corrected chi connectivity index (χ4v) is 2.66. The minimum absolute atomic E-state index is 0.365. The van der Waals surface area contributed by atoms with Gasteiger partial charge in [0.15, 0.2) is 0 Å². The molecule has 3 nitrogen and oxygen atoms in total. The van der Waals surface area contributed by atoms with Gasteiger partial charge in [0, 0.05) is 24.7 Å². The molecule has 17 heavy (non-hydrogen) atoms. The smallest absolute Gasteiger partial charge is 0.103 e. The average Bonchev–Trinajstić information content (AvgIpc) is 2.38. The number of nitrogens with zero attached hydrogens (tertiary/aromatic N) is 2. The van der Waals surface area contributed by atoms with Crippen molar-refractivity contribution in [1.82, 2.24) is 0 Å². The van der Waals surface area contributed by atoms with Gasteiger partial charge in [-0.05, 0) is 40.9 Å². The molecular formula is C13H15BrN2O. The number of rotatable bonds is 2. The standard InChI is InChI=1S/C13H15BrN2O/c1-17-10-5-7-16(8-6-10)13-4-2-3-12(14)11(13)9-15/h2-4,10H,5-8H2,1H3. The summed E-state index contributed by atoms with van der Waals surface area (Å²) in [4.78, 5) is 2.26. The first-order valence-corrected chi connectivity index (χ1v) is 6.52. The second-order valence-corrected chi connectivity index (χ2v) is 5.02. The predicted molar refractivity (Wildman–Crippen MR) is 71.1 cm³/mol. The van der Waals surface area contributed by atoms with Gasteiger partial charge in [-0.2, -0.15) is 5.26 Å². The van der Waals surface area contributed by atoms with E-state index in [1.807, 2.05) is 18.2 Å². The van der Waals surface area contributed by atoms with Gasteiger partial charge in [0.1, 0.15) is 6.07 Å². The molecule has 0 bridgehead atoms. The van der Waals surface area contributed by atoms with Gasteiger partial charge in [-0.3, -0.25) is 0 Å². The van der Waals surface area contributed by atoms with E-state index in [1.165, 1.54) is 0 Å². The summed E-state index contributed by atoms with van der Waals surface area (Å²) in [5, 5.41) is 9.20. The molecule has 4 heteroatoms. The molecule has 0 spiro atoms. The van der Waals surface area contributed by atoms with Gasteiger partial charge < -0.3 is 9.64 Å². The van der Waals surface area contributed by atoms with Crippen molar-refractivity contribution in [2.75, 3.05) is 25.1 Å². The molecule has 1 aromatic rings. The largest absolute Gasteiger partial charge is 0.381 e. The van der Waals surface area contributed by atoms with Gasteiger partial charge in [-0.25, -0.2) is 0 Å². The summed E-state index contributed by atoms with van der Waals surface area (Å²) in [6.07, 6.45) is 2.41. The maximum Gasteiger partial charge on any atom is 0.103 e. The number of ether oxygens (including phenoxy) is 1. The lowest BCUT2D eigenvalue weighted by atomic mass is 10.1. The molecule has 1 saturated heterocycles. The fourth-order valence-electron chi connectivity index (χ4n) is 2.22. The van der Waals surface area contributed by atoms with Gasteiger partial charge >= 0.3 is 0 Å². The zero-order valence-corrected chi connectivity index (χ0v) is 11.4. The van der Waals surface area contributed by atoms with Gasteiger partial charge in [-0.15, -0.1) is 0 Å². The van der Waals surface area contributed by atoms with Crippen LogP contribution in [0.15, 0.2) is 22.7 Å². The number of hydrogen-bond acceptors (Lipinski definition) is 3. The molecule has 0 atom stereocenters. The highest BCUT2D eigenvalue weighted by molar-refractivity contribution is 9.10. The summed E-state index contributed by atoms with van der Waals surface area (Å²) in [5.41, 5.74) is 1.75. The molecule has 1 aliphatic heterocycles. The Morgan fingerprint density at radius 3 is 2.71 bits per heavy atom. The second kappa shape index (κ2) is 5.52. The Kier molecular flexibility index (Phi) is 4.03. The zero-order valence-electron chi connectivity index (χ0n) is 9.82. The van der Waals surface area contributed by atoms with E-state index < -0.39 is 0 Å². The van der Waals surface area contributed by atoms with Crippen molar-refractivity contribution in [3.05, 3.63) is 28.2 Å². The number of piperidine rings is 1. The summed E-state index contributed by atoms with van der Waals surface area (Å²) < 4.78 is 6.22. The molecule has 0 aliphatic carbocycles. The molecule has 1 fully saturated rings. The van der Waals surface area contributed by atoms with Crippen molar-refractivity contribution >= 4 is 21.6 Å². The summed E-state index contributed by atoms with van der Waals surface area (Å²) in [6.45, 7) is 1.90. The Hall–Kier alpha value is -1.05. The van der Waals surface area contributed by atoms with Gasteiger partial charge in [0.25, 0.3) is 0 Å². The molecule has 90 valence electrons. The van der Waals surface area contributed by atoms with Crippen LogP contribution in [0.4, 0.5) is 5.69 Å². The minimum Gasteiger partial charge on any atom is -0.381 e. The maximum atomic E-state index is 9.20. The molecule has 1 aliphatic rings. The van der Waals surface area contributed by atoms with Gasteiger partial charge in [0.05, 0.1) is 17.4 Å². The fraction of sp³-hybridized carbons (Fsp3) is 0.462. The third kappa shape index (κ3) is 2.62. The number of halogens is 1. The molecule has 0 unspecified atom stereocenters. The maximum absolute atomic E-state index is 9.20. The lowest BCUT2D eigenvalue weighted by Crippen LogP contribution is -2.37. The summed E-state index contributed by atoms with van der Waals surface area (Å²) >= 11 is 3.43. The molecule has 1 heterocycles. The number of hydrogen-bond donors (Lipinski definition) is 0. The van der Waals surface area contributed by atoms with E-state index >= 15 is 0 Å². The number of benzene rings is 1. The van der Waals surface area contributed by atoms with E-state index in [1.54, 1.807) is 7.11 Å². The molecule has 1 aromatic carbocycles. The monoisotopic (exact) mass is 294 g/mol. The van der Waals surface area contributed by atoms with Crippen LogP contribution in [0.5, 0.6) is 0 Å². The number of methoxy groups -OCH3 is 1. The molecule has 2 rings (SSSR count). The first kappa shape index (κ1) is 12.4. The lowest BCUT2D eigenvalue weighted by molar-refractivity contribution is 0.0819. The third-order valence-corrected chi connectivity index (χ3v) is 3.88. The zero-order chi connectivity index (χ0) is 12.3. The summed E-state index contributed by atoms with van der Waals surface area (Å²) in [7, 11) is 1.76. The van der Waals surface area contributed by atoms with Crippen molar-refractivity contribution in [3.63, 3.8) is 0 Å². The summed E-state index contributed by atoms with van der Waals surface area (Å²) in [5.74, 6) is 0. The molecule has 0 saturated carbocycles. The molecular weight excluding hydrogens is 280 g/mol. The van der Waals surface area contributed by atoms with Crippen LogP contribution >= 0.6 is 15.9 Å². The Bertz CT molecular complexity index is 434. The van der Waals surface area contributed by atoms with E-state index in [4.69, 9.17) is 4.74 Å². The van der Waals surface area contributed by atoms with E-state index in [0.717, 1.165) is 41.7 Å². The van der Waals surface area contributed by atoms with Crippen LogP contribution in [0.1, 0.15) is 18.4 Å². The van der Waals surface area contributed by atoms with Crippen molar-refractivity contribution in [2.24, 2.45) is 0 Å². The first-order valence-electron chi connectivity index (χ1n) is 5.72. The molecule has 0 aromatic heterocycles. The van der Waals surface area contributed by atoms with Crippen LogP contribution < -0.4 is 4.90 Å². The highest BCUT2D eigenvalue weighted by Gasteiger charge is 2.21. The third-order valence-electron chi connectivity index (χ3n) is 3.22. The van der Waals surface area contributed by atoms with Crippen molar-refractivity contribution in [1.29, 1.82) is 5.26 Å². The number of anilines is 1. The van der Waals surface area contributed by atoms with Crippen LogP contribution in [-0.4, -0.2) is 26.3 Å². The van der Waals surface area contributed by atoms with Crippen LogP contribution in [0, 0.1) is 11.3 Å². The Morgan fingerprint density at radius 1 is 1.41 bits per heavy atom. The van der Waals surface area contributed by atoms with Crippen molar-refractivity contribution in [2.45, 2.75) is 18.9 Å². The Morgan fingerprint density at radius 2 is 2.12 bits per heavy atom. The van der Waals surface area contributed by atoms with E-state index in [0.29, 0.717) is 6.10 Å². The highest BCUT2D eigenvalue weighted by Crippen LogP contribution is 2.29. The molecule has 0 amide bonds. The van der Waals surface area contributed by atoms with Crippen LogP contribution in [0.3, 0.4) is 0 Å². The van der Waals surface area contributed by atoms with Crippen LogP contribution in [-0.2, 0) is 4.74 Å². The quantitative estimate of drug-likeness (QED) is 0.841. The Balaban J connectivity index is 2.19. The highest BCUT2D eigenvalue weighted by atomic mass is 79.9. The first-order chi connectivity index (χ1) is 8.26. The summed E-state index contributed by atoms with van der Waals surface area (Å²) in [6, 6.07) is 8.16. The van der Waals surface area contributed by atoms with Crippen molar-refractivity contribution < 1.29 is 4.74 Å². The second-order valence-electron chi connectivity index (χ2n) is 4.17. The lowest BCUT2D eigenvalue weighted by Gasteiger charge is -2.33. The normalized spacial score (nSPS) is 16.9. The van der Waals surface area contributed by atoms with E-state index in [9.17, 15) is 5.26 Å². The topological polar surface area (TPSA) is 36.3 Å². The van der Waals surface area contributed by atoms with Crippen LogP contribution in [0.2, 0.25) is 0 Å². The molecule has 0 radical (unpaired) electrons. The predicted octanol–water partition coefficient (Wildman–Crippen LogP) is 2.94. The minimum atomic E-state index is 0.365. The SMILES string of the molecule is COC1CCN(c2cccc(Br)c2C#N)CC1. The van der Waals surface area contributed by atoms with Gasteiger partial charge in [0.2, 0.25) is 0 Å². The number of nitriles is 1. The van der Waals surface area contributed by atoms with Crippen molar-refractivity contribution in [3.8, 4) is 6.07 Å².